The van der Waals surface area contributed by atoms with Crippen LogP contribution >= 0.6 is 0 Å². The lowest BCUT2D eigenvalue weighted by Gasteiger charge is -2.09. The highest BCUT2D eigenvalue weighted by atomic mass is 19.1. The summed E-state index contributed by atoms with van der Waals surface area (Å²) in [6.07, 6.45) is 1.35. The van der Waals surface area contributed by atoms with Gasteiger partial charge in [0.15, 0.2) is 0 Å². The number of carbonyl (C=O) groups is 2. The van der Waals surface area contributed by atoms with Crippen LogP contribution in [0.3, 0.4) is 0 Å². The zero-order chi connectivity index (χ0) is 18.1. The van der Waals surface area contributed by atoms with E-state index in [1.165, 1.54) is 12.1 Å². The minimum Gasteiger partial charge on any atom is -0.489 e. The summed E-state index contributed by atoms with van der Waals surface area (Å²) < 4.78 is 18.6. The molecule has 0 heterocycles. The fourth-order valence-corrected chi connectivity index (χ4v) is 2.25. The second kappa shape index (κ2) is 9.42. The molecule has 0 saturated heterocycles. The number of hydrogen-bond donors (Lipinski definition) is 2. The summed E-state index contributed by atoms with van der Waals surface area (Å²) in [6.45, 7) is 0.256. The van der Waals surface area contributed by atoms with Crippen molar-refractivity contribution >= 4 is 17.6 Å². The summed E-state index contributed by atoms with van der Waals surface area (Å²) in [4.78, 5) is 22.3. The Kier molecular flexibility index (Phi) is 6.95. The first-order valence-corrected chi connectivity index (χ1v) is 8.02. The van der Waals surface area contributed by atoms with Crippen LogP contribution in [0, 0.1) is 5.82 Å². The average molecular weight is 345 g/mol. The highest BCUT2D eigenvalue weighted by molar-refractivity contribution is 5.90. The molecule has 0 aliphatic rings. The summed E-state index contributed by atoms with van der Waals surface area (Å²) >= 11 is 0. The van der Waals surface area contributed by atoms with E-state index in [-0.39, 0.29) is 31.2 Å². The van der Waals surface area contributed by atoms with E-state index >= 15 is 0 Å². The molecule has 1 amide bonds. The van der Waals surface area contributed by atoms with Crippen molar-refractivity contribution in [2.24, 2.45) is 0 Å². The van der Waals surface area contributed by atoms with Crippen LogP contribution in [-0.4, -0.2) is 17.0 Å². The molecule has 0 unspecified atom stereocenters. The Morgan fingerprint density at radius 2 is 1.80 bits per heavy atom. The van der Waals surface area contributed by atoms with Crippen LogP contribution in [-0.2, 0) is 16.2 Å². The number of unbranched alkanes of at least 4 members (excludes halogenated alkanes) is 1. The minimum atomic E-state index is -0.855. The highest BCUT2D eigenvalue weighted by Gasteiger charge is 2.05. The molecule has 2 aromatic rings. The van der Waals surface area contributed by atoms with Gasteiger partial charge in [0.1, 0.15) is 18.2 Å². The number of carbonyl (C=O) groups excluding carboxylic acids is 1. The Hall–Kier alpha value is -2.89. The van der Waals surface area contributed by atoms with Crippen LogP contribution < -0.4 is 10.1 Å². The number of amides is 1. The van der Waals surface area contributed by atoms with Gasteiger partial charge in [0.05, 0.1) is 0 Å². The molecule has 0 fully saturated rings. The molecule has 25 heavy (non-hydrogen) atoms. The topological polar surface area (TPSA) is 75.6 Å². The summed E-state index contributed by atoms with van der Waals surface area (Å²) in [5, 5.41) is 11.3. The molecule has 0 saturated carbocycles. The van der Waals surface area contributed by atoms with Crippen LogP contribution in [0.5, 0.6) is 5.75 Å². The molecular weight excluding hydrogens is 325 g/mol. The Morgan fingerprint density at radius 1 is 1.04 bits per heavy atom. The number of benzene rings is 2. The van der Waals surface area contributed by atoms with Crippen molar-refractivity contribution in [1.82, 2.24) is 0 Å². The van der Waals surface area contributed by atoms with Gasteiger partial charge >= 0.3 is 5.97 Å². The van der Waals surface area contributed by atoms with Gasteiger partial charge in [0, 0.05) is 24.6 Å². The number of nitrogens with one attached hydrogen (secondary N) is 1. The molecule has 2 N–H and O–H groups in total. The molecule has 0 spiro atoms. The number of rotatable bonds is 9. The number of carboxylic acid groups (broad SMARTS) is 1. The number of aliphatic carboxylic acids is 1. The van der Waals surface area contributed by atoms with E-state index in [0.29, 0.717) is 24.3 Å². The van der Waals surface area contributed by atoms with Gasteiger partial charge in [0.2, 0.25) is 5.91 Å². The second-order valence-electron chi connectivity index (χ2n) is 5.60. The Morgan fingerprint density at radius 3 is 2.56 bits per heavy atom. The maximum atomic E-state index is 13.1. The van der Waals surface area contributed by atoms with Crippen LogP contribution in [0.2, 0.25) is 0 Å². The van der Waals surface area contributed by atoms with Crippen molar-refractivity contribution in [3.63, 3.8) is 0 Å². The lowest BCUT2D eigenvalue weighted by molar-refractivity contribution is -0.137. The maximum absolute atomic E-state index is 13.1. The first-order chi connectivity index (χ1) is 12.0. The maximum Gasteiger partial charge on any atom is 0.303 e. The molecule has 2 aromatic carbocycles. The van der Waals surface area contributed by atoms with E-state index in [1.54, 1.807) is 30.3 Å². The Balaban J connectivity index is 1.81. The molecule has 0 bridgehead atoms. The summed E-state index contributed by atoms with van der Waals surface area (Å²) in [5.74, 6) is -0.936. The predicted octanol–water partition coefficient (Wildman–Crippen LogP) is 3.99. The van der Waals surface area contributed by atoms with Gasteiger partial charge in [0.25, 0.3) is 0 Å². The zero-order valence-electron chi connectivity index (χ0n) is 13.7. The van der Waals surface area contributed by atoms with Gasteiger partial charge in [-0.15, -0.1) is 0 Å². The van der Waals surface area contributed by atoms with Gasteiger partial charge < -0.3 is 15.2 Å². The van der Waals surface area contributed by atoms with Crippen molar-refractivity contribution in [2.75, 3.05) is 5.32 Å². The number of hydrogen-bond acceptors (Lipinski definition) is 3. The van der Waals surface area contributed by atoms with Crippen molar-refractivity contribution in [2.45, 2.75) is 32.3 Å². The summed E-state index contributed by atoms with van der Waals surface area (Å²) in [7, 11) is 0. The van der Waals surface area contributed by atoms with Gasteiger partial charge in [-0.25, -0.2) is 4.39 Å². The van der Waals surface area contributed by atoms with Gasteiger partial charge in [-0.1, -0.05) is 18.2 Å². The molecule has 0 aliphatic carbocycles. The second-order valence-corrected chi connectivity index (χ2v) is 5.60. The fourth-order valence-electron chi connectivity index (χ4n) is 2.25. The average Bonchev–Trinajstić information content (AvgIpc) is 2.57. The van der Waals surface area contributed by atoms with Crippen molar-refractivity contribution in [1.29, 1.82) is 0 Å². The van der Waals surface area contributed by atoms with E-state index in [4.69, 9.17) is 9.84 Å². The molecule has 132 valence electrons. The van der Waals surface area contributed by atoms with Crippen molar-refractivity contribution in [3.05, 3.63) is 59.9 Å². The van der Waals surface area contributed by atoms with E-state index in [9.17, 15) is 14.0 Å². The number of halogens is 1. The fraction of sp³-hybridized carbons (Fsp3) is 0.263. The molecule has 0 aliphatic heterocycles. The lowest BCUT2D eigenvalue weighted by Crippen LogP contribution is -2.11. The van der Waals surface area contributed by atoms with E-state index in [0.717, 1.165) is 5.56 Å². The van der Waals surface area contributed by atoms with Crippen LogP contribution in [0.4, 0.5) is 10.1 Å². The third-order valence-electron chi connectivity index (χ3n) is 3.46. The number of ether oxygens (including phenoxy) is 1. The highest BCUT2D eigenvalue weighted by Crippen LogP contribution is 2.16. The standard InChI is InChI=1S/C19H20FNO4/c20-15-6-4-8-17(12-15)25-13-14-5-3-7-16(11-14)21-18(22)9-1-2-10-19(23)24/h3-8,11-12H,1-2,9-10,13H2,(H,21,22)(H,23,24). The molecule has 0 aromatic heterocycles. The van der Waals surface area contributed by atoms with E-state index < -0.39 is 5.97 Å². The summed E-state index contributed by atoms with van der Waals surface area (Å²) in [5.41, 5.74) is 1.48. The molecule has 0 radical (unpaired) electrons. The number of anilines is 1. The van der Waals surface area contributed by atoms with Crippen LogP contribution in [0.25, 0.3) is 0 Å². The Labute approximate surface area is 145 Å². The van der Waals surface area contributed by atoms with Crippen LogP contribution in [0.1, 0.15) is 31.2 Å². The third kappa shape index (κ3) is 7.03. The van der Waals surface area contributed by atoms with Gasteiger partial charge in [-0.05, 0) is 42.7 Å². The number of carboxylic acids is 1. The molecule has 2 rings (SSSR count). The lowest BCUT2D eigenvalue weighted by atomic mass is 10.1. The van der Waals surface area contributed by atoms with E-state index in [2.05, 4.69) is 5.32 Å². The van der Waals surface area contributed by atoms with Crippen LogP contribution in [0.15, 0.2) is 48.5 Å². The third-order valence-corrected chi connectivity index (χ3v) is 3.46. The minimum absolute atomic E-state index is 0.0696. The van der Waals surface area contributed by atoms with Crippen molar-refractivity contribution < 1.29 is 23.8 Å². The molecular formula is C19H20FNO4. The molecule has 6 heteroatoms. The van der Waals surface area contributed by atoms with Gasteiger partial charge in [-0.2, -0.15) is 0 Å². The van der Waals surface area contributed by atoms with E-state index in [1.807, 2.05) is 6.07 Å². The zero-order valence-corrected chi connectivity index (χ0v) is 13.7. The van der Waals surface area contributed by atoms with Gasteiger partial charge in [-0.3, -0.25) is 9.59 Å². The largest absolute Gasteiger partial charge is 0.489 e. The first-order valence-electron chi connectivity index (χ1n) is 8.02. The monoisotopic (exact) mass is 345 g/mol. The Bertz CT molecular complexity index is 733. The van der Waals surface area contributed by atoms with Crippen molar-refractivity contribution in [3.8, 4) is 5.75 Å². The molecule has 0 atom stereocenters. The first kappa shape index (κ1) is 18.4. The normalized spacial score (nSPS) is 10.3. The SMILES string of the molecule is O=C(O)CCCCC(=O)Nc1cccc(COc2cccc(F)c2)c1. The quantitative estimate of drug-likeness (QED) is 0.674. The summed E-state index contributed by atoms with van der Waals surface area (Å²) in [6, 6.07) is 13.1. The smallest absolute Gasteiger partial charge is 0.303 e. The predicted molar refractivity (Wildman–Crippen MR) is 91.9 cm³/mol. The molecule has 5 nitrogen and oxygen atoms in total.